The third-order valence-corrected chi connectivity index (χ3v) is 3.74. The average molecular weight is 558 g/mol. The summed E-state index contributed by atoms with van der Waals surface area (Å²) in [6, 6.07) is 11.3. The minimum Gasteiger partial charge on any atom is -0.504 e. The van der Waals surface area contributed by atoms with E-state index in [0.29, 0.717) is 0 Å². The molecule has 0 fully saturated rings. The van der Waals surface area contributed by atoms with E-state index in [1.807, 2.05) is 0 Å². The minimum absolute atomic E-state index is 0. The van der Waals surface area contributed by atoms with Crippen molar-refractivity contribution >= 4 is 17.9 Å². The zero-order valence-electron chi connectivity index (χ0n) is 16.9. The Hall–Kier alpha value is -4.44. The monoisotopic (exact) mass is 560 g/mol. The number of phenolic OH excluding ortho intramolecular Hbond substituents is 3. The van der Waals surface area contributed by atoms with E-state index in [9.17, 15) is 14.4 Å². The van der Waals surface area contributed by atoms with Gasteiger partial charge in [-0.15, -0.1) is 0 Å². The summed E-state index contributed by atoms with van der Waals surface area (Å²) in [4.78, 5) is 30.9. The maximum Gasteiger partial charge on any atom is 0.339 e. The molecule has 0 saturated heterocycles. The fourth-order valence-electron chi connectivity index (χ4n) is 2.11. The Morgan fingerprint density at radius 3 is 0.794 bits per heavy atom. The van der Waals surface area contributed by atoms with Gasteiger partial charge in [0.2, 0.25) is 0 Å². The second-order valence-corrected chi connectivity index (χ2v) is 5.94. The Balaban J connectivity index is 0.000000473. The van der Waals surface area contributed by atoms with Crippen molar-refractivity contribution in [3.63, 3.8) is 0 Å². The van der Waals surface area contributed by atoms with Crippen molar-refractivity contribution in [2.75, 3.05) is 0 Å². The minimum atomic E-state index is -1.27. The normalized spacial score (nSPS) is 9.18. The van der Waals surface area contributed by atoms with Crippen LogP contribution in [0.5, 0.6) is 34.5 Å². The van der Waals surface area contributed by atoms with Crippen molar-refractivity contribution in [2.24, 2.45) is 0 Å². The van der Waals surface area contributed by atoms with Gasteiger partial charge in [-0.3, -0.25) is 0 Å². The van der Waals surface area contributed by atoms with E-state index in [4.69, 9.17) is 46.0 Å². The van der Waals surface area contributed by atoms with Crippen LogP contribution < -0.4 is 0 Å². The molecule has 0 aliphatic carbocycles. The van der Waals surface area contributed by atoms with E-state index in [2.05, 4.69) is 0 Å². The summed E-state index contributed by atoms with van der Waals surface area (Å²) in [7, 11) is 0. The number of hydrogen-bond donors (Lipinski definition) is 9. The molecule has 3 aromatic rings. The fraction of sp³-hybridized carbons (Fsp3) is 0. The zero-order valence-corrected chi connectivity index (χ0v) is 18.9. The zero-order chi connectivity index (χ0) is 25.3. The van der Waals surface area contributed by atoms with E-state index in [1.54, 1.807) is 0 Å². The Morgan fingerprint density at radius 1 is 0.441 bits per heavy atom. The number of rotatable bonds is 3. The van der Waals surface area contributed by atoms with Gasteiger partial charge in [-0.25, -0.2) is 14.4 Å². The molecule has 13 heteroatoms. The van der Waals surface area contributed by atoms with Crippen LogP contribution in [0, 0.1) is 0 Å². The van der Waals surface area contributed by atoms with E-state index >= 15 is 0 Å². The first-order valence-corrected chi connectivity index (χ1v) is 8.61. The molecule has 0 heterocycles. The second-order valence-electron chi connectivity index (χ2n) is 5.94. The summed E-state index contributed by atoms with van der Waals surface area (Å²) in [6.45, 7) is 0. The van der Waals surface area contributed by atoms with Crippen molar-refractivity contribution in [3.05, 3.63) is 71.3 Å². The van der Waals surface area contributed by atoms with Crippen LogP contribution in [-0.4, -0.2) is 63.9 Å². The van der Waals surface area contributed by atoms with E-state index in [0.717, 1.165) is 0 Å². The molecule has 9 N–H and O–H groups in total. The fourth-order valence-corrected chi connectivity index (χ4v) is 2.11. The molecule has 0 aliphatic rings. The van der Waals surface area contributed by atoms with Crippen LogP contribution in [0.2, 0.25) is 0 Å². The molecule has 0 aromatic heterocycles. The van der Waals surface area contributed by atoms with Gasteiger partial charge >= 0.3 is 17.9 Å². The Morgan fingerprint density at radius 2 is 0.647 bits per heavy atom. The molecule has 0 amide bonds. The molecule has 0 spiro atoms. The first-order valence-electron chi connectivity index (χ1n) is 8.61. The van der Waals surface area contributed by atoms with Gasteiger partial charge in [0.25, 0.3) is 0 Å². The number of carboxylic acid groups (broad SMARTS) is 3. The van der Waals surface area contributed by atoms with E-state index < -0.39 is 52.4 Å². The number of carbonyl (C=O) groups is 3. The second kappa shape index (κ2) is 13.2. The molecule has 180 valence electrons. The molecule has 0 unspecified atom stereocenters. The number of para-hydroxylation sites is 3. The Bertz CT molecular complexity index is 1030. The molecule has 0 atom stereocenters. The van der Waals surface area contributed by atoms with Crippen LogP contribution in [0.4, 0.5) is 0 Å². The predicted molar refractivity (Wildman–Crippen MR) is 110 cm³/mol. The molecule has 34 heavy (non-hydrogen) atoms. The standard InChI is InChI=1S/3C7H6O4.Mo/c3*8-5-3-1-2-4(6(5)9)7(10)11;/h3*1-3,8-9H,(H,10,11);. The van der Waals surface area contributed by atoms with Gasteiger partial charge in [-0.1, -0.05) is 18.2 Å². The summed E-state index contributed by atoms with van der Waals surface area (Å²) in [5.74, 6) is -6.87. The van der Waals surface area contributed by atoms with Gasteiger partial charge in [0.1, 0.15) is 16.7 Å². The number of carboxylic acids is 3. The van der Waals surface area contributed by atoms with Crippen molar-refractivity contribution < 1.29 is 81.4 Å². The molecule has 0 saturated carbocycles. The van der Waals surface area contributed by atoms with Crippen LogP contribution in [0.3, 0.4) is 0 Å². The summed E-state index contributed by atoms with van der Waals surface area (Å²) in [6.07, 6.45) is 0. The van der Waals surface area contributed by atoms with Gasteiger partial charge in [0, 0.05) is 21.1 Å². The first-order chi connectivity index (χ1) is 15.4. The van der Waals surface area contributed by atoms with Crippen molar-refractivity contribution in [2.45, 2.75) is 0 Å². The van der Waals surface area contributed by atoms with Gasteiger partial charge < -0.3 is 46.0 Å². The topological polar surface area (TPSA) is 233 Å². The molecule has 0 radical (unpaired) electrons. The maximum absolute atomic E-state index is 10.3. The van der Waals surface area contributed by atoms with Gasteiger partial charge in [0.05, 0.1) is 0 Å². The van der Waals surface area contributed by atoms with Crippen molar-refractivity contribution in [1.29, 1.82) is 0 Å². The van der Waals surface area contributed by atoms with Gasteiger partial charge in [-0.2, -0.15) is 0 Å². The molecule has 0 bridgehead atoms. The Kier molecular flexibility index (Phi) is 11.5. The molecule has 0 aliphatic heterocycles. The summed E-state index contributed by atoms with van der Waals surface area (Å²) >= 11 is 0. The van der Waals surface area contributed by atoms with Crippen LogP contribution in [0.1, 0.15) is 31.1 Å². The molecule has 12 nitrogen and oxygen atoms in total. The first kappa shape index (κ1) is 29.6. The van der Waals surface area contributed by atoms with E-state index in [-0.39, 0.29) is 37.8 Å². The molecule has 3 rings (SSSR count). The third kappa shape index (κ3) is 7.91. The number of phenols is 6. The number of aromatic hydroxyl groups is 6. The summed E-state index contributed by atoms with van der Waals surface area (Å²) in [5, 5.41) is 78.6. The summed E-state index contributed by atoms with van der Waals surface area (Å²) < 4.78 is 0. The maximum atomic E-state index is 10.3. The smallest absolute Gasteiger partial charge is 0.339 e. The average Bonchev–Trinajstić information content (AvgIpc) is 2.74. The van der Waals surface area contributed by atoms with Crippen molar-refractivity contribution in [1.82, 2.24) is 0 Å². The quantitative estimate of drug-likeness (QED) is 0.167. The summed E-state index contributed by atoms with van der Waals surface area (Å²) in [5.41, 5.74) is -0.903. The van der Waals surface area contributed by atoms with Crippen LogP contribution in [0.25, 0.3) is 0 Å². The molecular weight excluding hydrogens is 540 g/mol. The SMILES string of the molecule is O=C(O)c1cccc(O)c1O.O=C(O)c1cccc(O)c1O.O=C(O)c1cccc(O)c1O.[Mo]. The Labute approximate surface area is 205 Å². The van der Waals surface area contributed by atoms with Crippen LogP contribution >= 0.6 is 0 Å². The van der Waals surface area contributed by atoms with E-state index in [1.165, 1.54) is 54.6 Å². The van der Waals surface area contributed by atoms with Crippen molar-refractivity contribution in [3.8, 4) is 34.5 Å². The largest absolute Gasteiger partial charge is 0.504 e. The number of aromatic carboxylic acids is 3. The van der Waals surface area contributed by atoms with Crippen LogP contribution in [-0.2, 0) is 21.1 Å². The number of hydrogen-bond acceptors (Lipinski definition) is 9. The molecular formula is C21H18MoO12. The van der Waals surface area contributed by atoms with Crippen LogP contribution in [0.15, 0.2) is 54.6 Å². The van der Waals surface area contributed by atoms with Gasteiger partial charge in [0.15, 0.2) is 34.5 Å². The third-order valence-electron chi connectivity index (χ3n) is 3.74. The molecule has 3 aromatic carbocycles. The van der Waals surface area contributed by atoms with Gasteiger partial charge in [-0.05, 0) is 36.4 Å². The number of benzene rings is 3. The predicted octanol–water partition coefficient (Wildman–Crippen LogP) is 2.39.